The van der Waals surface area contributed by atoms with Crippen molar-refractivity contribution in [2.24, 2.45) is 0 Å². The van der Waals surface area contributed by atoms with E-state index >= 15 is 0 Å². The fourth-order valence-electron chi connectivity index (χ4n) is 4.73. The van der Waals surface area contributed by atoms with Crippen molar-refractivity contribution in [2.45, 2.75) is 75.8 Å². The van der Waals surface area contributed by atoms with E-state index in [4.69, 9.17) is 37.4 Å². The molecule has 4 rings (SSSR count). The highest BCUT2D eigenvalue weighted by molar-refractivity contribution is 6.35. The maximum atomic E-state index is 12.9. The highest BCUT2D eigenvalue weighted by atomic mass is 35.5. The number of hydrogen-bond acceptors (Lipinski definition) is 6. The van der Waals surface area contributed by atoms with Crippen molar-refractivity contribution in [3.63, 3.8) is 0 Å². The lowest BCUT2D eigenvalue weighted by Gasteiger charge is -2.22. The minimum atomic E-state index is -1.24. The second-order valence-electron chi connectivity index (χ2n) is 9.73. The van der Waals surface area contributed by atoms with Gasteiger partial charge in [0, 0.05) is 28.1 Å². The molecule has 0 spiro atoms. The largest absolute Gasteiger partial charge is 0.489 e. The Morgan fingerprint density at radius 2 is 1.54 bits per heavy atom. The smallest absolute Gasteiger partial charge is 0.326 e. The summed E-state index contributed by atoms with van der Waals surface area (Å²) in [5.41, 5.74) is 1.33. The van der Waals surface area contributed by atoms with E-state index in [1.165, 1.54) is 0 Å². The monoisotopic (exact) mass is 578 g/mol. The van der Waals surface area contributed by atoms with Crippen molar-refractivity contribution in [2.75, 3.05) is 6.79 Å². The van der Waals surface area contributed by atoms with E-state index in [2.05, 4.69) is 10.6 Å². The zero-order chi connectivity index (χ0) is 27.8. The van der Waals surface area contributed by atoms with Crippen LogP contribution in [0.5, 0.6) is 5.75 Å². The van der Waals surface area contributed by atoms with Gasteiger partial charge in [0.15, 0.2) is 12.2 Å². The van der Waals surface area contributed by atoms with Gasteiger partial charge in [0.1, 0.15) is 25.2 Å². The van der Waals surface area contributed by atoms with Crippen molar-refractivity contribution in [3.8, 4) is 5.75 Å². The van der Waals surface area contributed by atoms with Crippen LogP contribution >= 0.6 is 23.2 Å². The van der Waals surface area contributed by atoms with Gasteiger partial charge in [-0.3, -0.25) is 9.59 Å². The van der Waals surface area contributed by atoms with Crippen LogP contribution < -0.4 is 15.4 Å². The van der Waals surface area contributed by atoms with Crippen LogP contribution in [0.15, 0.2) is 42.5 Å². The molecule has 2 fully saturated rings. The fourth-order valence-corrected chi connectivity index (χ4v) is 5.24. The molecule has 1 aliphatic heterocycles. The van der Waals surface area contributed by atoms with Gasteiger partial charge in [0.2, 0.25) is 0 Å². The molecule has 1 aliphatic carbocycles. The number of amides is 2. The summed E-state index contributed by atoms with van der Waals surface area (Å²) < 4.78 is 16.5. The molecule has 39 heavy (non-hydrogen) atoms. The topological polar surface area (TPSA) is 123 Å². The minimum absolute atomic E-state index is 0.0181. The minimum Gasteiger partial charge on any atom is -0.489 e. The van der Waals surface area contributed by atoms with Gasteiger partial charge in [-0.15, -0.1) is 0 Å². The van der Waals surface area contributed by atoms with Gasteiger partial charge in [-0.05, 0) is 42.7 Å². The lowest BCUT2D eigenvalue weighted by atomic mass is 10.0. The highest BCUT2D eigenvalue weighted by Gasteiger charge is 2.42. The molecule has 0 bridgehead atoms. The van der Waals surface area contributed by atoms with E-state index in [9.17, 15) is 19.5 Å². The third-order valence-corrected chi connectivity index (χ3v) is 7.62. The molecule has 2 aromatic rings. The molecular weight excluding hydrogens is 547 g/mol. The molecule has 1 unspecified atom stereocenters. The molecule has 2 amide bonds. The zero-order valence-corrected chi connectivity index (χ0v) is 22.9. The second-order valence-corrected chi connectivity index (χ2v) is 10.5. The van der Waals surface area contributed by atoms with Crippen LogP contribution in [0.3, 0.4) is 0 Å². The molecule has 3 atom stereocenters. The van der Waals surface area contributed by atoms with Crippen molar-refractivity contribution in [1.29, 1.82) is 0 Å². The summed E-state index contributed by atoms with van der Waals surface area (Å²) in [6.45, 7) is -0.0515. The van der Waals surface area contributed by atoms with Crippen LogP contribution in [0.1, 0.15) is 49.7 Å². The average Bonchev–Trinajstić information content (AvgIpc) is 3.27. The molecule has 0 radical (unpaired) electrons. The number of rotatable bonds is 10. The molecule has 0 aromatic heterocycles. The first-order chi connectivity index (χ1) is 18.8. The van der Waals surface area contributed by atoms with Gasteiger partial charge in [0.05, 0.1) is 0 Å². The number of carbonyl (C=O) groups is 3. The highest BCUT2D eigenvalue weighted by Crippen LogP contribution is 2.26. The first-order valence-electron chi connectivity index (χ1n) is 13.0. The van der Waals surface area contributed by atoms with Gasteiger partial charge < -0.3 is 30.0 Å². The summed E-state index contributed by atoms with van der Waals surface area (Å²) in [5.74, 6) is -1.79. The standard InChI is InChI=1S/C28H32Cl2N2O7/c29-21-8-5-9-22(30)20(21)15-37-19-12-10-17(11-13-19)14-23(28(35)36)32-27(34)25-24(38-16-39-25)26(33)31-18-6-3-1-2-4-7-18/h5,8-13,18,23-25H,1-4,6-7,14-16H2,(H,31,33)(H,32,34)(H,35,36)/t23?,24-,25-/m1/s1. The zero-order valence-electron chi connectivity index (χ0n) is 21.4. The normalized spacial score (nSPS) is 20.6. The van der Waals surface area contributed by atoms with Crippen molar-refractivity contribution in [3.05, 3.63) is 63.6 Å². The first-order valence-corrected chi connectivity index (χ1v) is 13.8. The summed E-state index contributed by atoms with van der Waals surface area (Å²) in [4.78, 5) is 37.7. The lowest BCUT2D eigenvalue weighted by Crippen LogP contribution is -2.53. The van der Waals surface area contributed by atoms with E-state index < -0.39 is 36.0 Å². The van der Waals surface area contributed by atoms with E-state index in [-0.39, 0.29) is 25.9 Å². The van der Waals surface area contributed by atoms with E-state index in [1.54, 1.807) is 42.5 Å². The SMILES string of the molecule is O=C(O)C(Cc1ccc(OCc2c(Cl)cccc2Cl)cc1)NC(=O)[C@@H]1OCO[C@H]1C(=O)NC1CCCCCC1. The van der Waals surface area contributed by atoms with Crippen molar-refractivity contribution in [1.82, 2.24) is 10.6 Å². The van der Waals surface area contributed by atoms with Crippen LogP contribution in [0.4, 0.5) is 0 Å². The van der Waals surface area contributed by atoms with E-state index in [0.29, 0.717) is 26.9 Å². The molecule has 210 valence electrons. The predicted molar refractivity (Wildman–Crippen MR) is 145 cm³/mol. The second kappa shape index (κ2) is 14.0. The Morgan fingerprint density at radius 1 is 0.923 bits per heavy atom. The Bertz CT molecular complexity index is 1130. The molecule has 1 saturated heterocycles. The van der Waals surface area contributed by atoms with Gasteiger partial charge in [-0.25, -0.2) is 4.79 Å². The summed E-state index contributed by atoms with van der Waals surface area (Å²) in [6.07, 6.45) is 3.79. The van der Waals surface area contributed by atoms with Gasteiger partial charge >= 0.3 is 5.97 Å². The van der Waals surface area contributed by atoms with Crippen LogP contribution in [-0.4, -0.2) is 54.0 Å². The van der Waals surface area contributed by atoms with Gasteiger partial charge in [-0.2, -0.15) is 0 Å². The molecule has 3 N–H and O–H groups in total. The number of halogens is 2. The molecule has 9 nitrogen and oxygen atoms in total. The quantitative estimate of drug-likeness (QED) is 0.360. The molecular formula is C28H32Cl2N2O7. The van der Waals surface area contributed by atoms with Gasteiger partial charge in [0.25, 0.3) is 11.8 Å². The summed E-state index contributed by atoms with van der Waals surface area (Å²) in [6, 6.07) is 10.8. The summed E-state index contributed by atoms with van der Waals surface area (Å²) in [7, 11) is 0. The van der Waals surface area contributed by atoms with E-state index in [0.717, 1.165) is 38.5 Å². The third-order valence-electron chi connectivity index (χ3n) is 6.91. The number of carboxylic acids is 1. The van der Waals surface area contributed by atoms with Crippen LogP contribution in [0.25, 0.3) is 0 Å². The Hall–Kier alpha value is -2.85. The fraction of sp³-hybridized carbons (Fsp3) is 0.464. The molecule has 2 aliphatic rings. The number of benzene rings is 2. The number of carbonyl (C=O) groups excluding carboxylic acids is 2. The number of carboxylic acid groups (broad SMARTS) is 1. The van der Waals surface area contributed by atoms with Crippen molar-refractivity contribution < 1.29 is 33.7 Å². The van der Waals surface area contributed by atoms with Crippen LogP contribution in [-0.2, 0) is 36.9 Å². The summed E-state index contributed by atoms with van der Waals surface area (Å²) in [5, 5.41) is 16.2. The number of ether oxygens (including phenoxy) is 3. The molecule has 1 saturated carbocycles. The predicted octanol–water partition coefficient (Wildman–Crippen LogP) is 4.26. The third kappa shape index (κ3) is 8.08. The average molecular weight is 579 g/mol. The maximum absolute atomic E-state index is 12.9. The number of nitrogens with one attached hydrogen (secondary N) is 2. The Labute approximate surface area is 237 Å². The molecule has 1 heterocycles. The maximum Gasteiger partial charge on any atom is 0.326 e. The van der Waals surface area contributed by atoms with Crippen LogP contribution in [0, 0.1) is 0 Å². The van der Waals surface area contributed by atoms with E-state index in [1.807, 2.05) is 0 Å². The number of hydrogen-bond donors (Lipinski definition) is 3. The Kier molecular flexibility index (Phi) is 10.4. The summed E-state index contributed by atoms with van der Waals surface area (Å²) >= 11 is 12.4. The van der Waals surface area contributed by atoms with Crippen LogP contribution in [0.2, 0.25) is 10.0 Å². The first kappa shape index (κ1) is 29.1. The Morgan fingerprint density at radius 3 is 2.15 bits per heavy atom. The molecule has 11 heteroatoms. The lowest BCUT2D eigenvalue weighted by molar-refractivity contribution is -0.144. The van der Waals surface area contributed by atoms with Crippen molar-refractivity contribution >= 4 is 41.0 Å². The van der Waals surface area contributed by atoms with Gasteiger partial charge in [-0.1, -0.05) is 67.1 Å². The molecule has 2 aromatic carbocycles. The number of aliphatic carboxylic acids is 1. The Balaban J connectivity index is 1.32.